The average Bonchev–Trinajstić information content (AvgIpc) is 1.60. The third-order valence-electron chi connectivity index (χ3n) is 0.500. The van der Waals surface area contributed by atoms with Gasteiger partial charge in [-0.15, -0.1) is 0 Å². The minimum Gasteiger partial charge on any atom is -0.267 e. The Balaban J connectivity index is 3.87. The van der Waals surface area contributed by atoms with Crippen molar-refractivity contribution in [3.63, 3.8) is 0 Å². The molecular weight excluding hydrogens is 182 g/mol. The summed E-state index contributed by atoms with van der Waals surface area (Å²) in [4.78, 5) is 0. The second-order valence-electron chi connectivity index (χ2n) is 1.24. The zero-order chi connectivity index (χ0) is 8.36. The van der Waals surface area contributed by atoms with Gasteiger partial charge >= 0.3 is 12.5 Å². The molecule has 1 nitrogen and oxygen atoms in total. The molecule has 1 unspecified atom stereocenters. The van der Waals surface area contributed by atoms with Crippen molar-refractivity contribution >= 4 is 11.6 Å². The molecule has 0 aliphatic rings. The maximum atomic E-state index is 11.5. The molecule has 1 atom stereocenters. The van der Waals surface area contributed by atoms with Crippen LogP contribution in [0.25, 0.3) is 0 Å². The van der Waals surface area contributed by atoms with Crippen molar-refractivity contribution in [3.8, 4) is 0 Å². The van der Waals surface area contributed by atoms with E-state index in [0.717, 1.165) is 0 Å². The molecule has 7 heteroatoms. The van der Waals surface area contributed by atoms with E-state index >= 15 is 0 Å². The summed E-state index contributed by atoms with van der Waals surface area (Å²) in [5.74, 6) is -2.93. The van der Waals surface area contributed by atoms with Crippen molar-refractivity contribution < 1.29 is 26.7 Å². The molecule has 0 saturated heterocycles. The van der Waals surface area contributed by atoms with Crippen LogP contribution in [-0.2, 0) is 4.74 Å². The molecule has 0 aliphatic carbocycles. The average molecular weight is 184 g/mol. The highest BCUT2D eigenvalue weighted by Crippen LogP contribution is 2.26. The summed E-state index contributed by atoms with van der Waals surface area (Å²) in [6.07, 6.45) is -8.90. The summed E-state index contributed by atoms with van der Waals surface area (Å²) in [6.45, 7) is 0. The van der Waals surface area contributed by atoms with Crippen molar-refractivity contribution in [1.82, 2.24) is 0 Å². The fourth-order valence-corrected chi connectivity index (χ4v) is 0.289. The third-order valence-corrected chi connectivity index (χ3v) is 0.589. The Kier molecular flexibility index (Phi) is 3.30. The Bertz CT molecular complexity index is 105. The first-order valence-corrected chi connectivity index (χ1v) is 2.42. The molecule has 0 aromatic heterocycles. The summed E-state index contributed by atoms with van der Waals surface area (Å²) in [7, 11) is 0. The molecule has 0 aromatic rings. The van der Waals surface area contributed by atoms with Gasteiger partial charge in [-0.1, -0.05) is 11.6 Å². The topological polar surface area (TPSA) is 9.23 Å². The molecule has 0 rings (SSSR count). The van der Waals surface area contributed by atoms with Crippen LogP contribution >= 0.6 is 11.6 Å². The van der Waals surface area contributed by atoms with Gasteiger partial charge in [-0.25, -0.2) is 8.78 Å². The summed E-state index contributed by atoms with van der Waals surface area (Å²) in [5.41, 5.74) is 0. The van der Waals surface area contributed by atoms with Gasteiger partial charge in [0.25, 0.3) is 5.82 Å². The quantitative estimate of drug-likeness (QED) is 0.483. The molecule has 0 spiro atoms. The third kappa shape index (κ3) is 3.17. The van der Waals surface area contributed by atoms with E-state index < -0.39 is 18.4 Å². The largest absolute Gasteiger partial charge is 0.419 e. The summed E-state index contributed by atoms with van der Waals surface area (Å²) in [6, 6.07) is 0. The lowest BCUT2D eigenvalue weighted by Gasteiger charge is -2.14. The molecule has 0 fully saturated rings. The monoisotopic (exact) mass is 184 g/mol. The first kappa shape index (κ1) is 9.90. The molecule has 0 saturated carbocycles. The van der Waals surface area contributed by atoms with E-state index in [9.17, 15) is 22.0 Å². The second kappa shape index (κ2) is 3.34. The Morgan fingerprint density at radius 2 is 1.60 bits per heavy atom. The molecule has 62 valence electrons. The standard InChI is InChI=1S/C3H2ClF5O/c4-2(7)10-3(8,9)1(5)6/h1-2H. The van der Waals surface area contributed by atoms with Gasteiger partial charge in [0, 0.05) is 0 Å². The fourth-order valence-electron chi connectivity index (χ4n) is 0.170. The van der Waals surface area contributed by atoms with Crippen LogP contribution in [0.3, 0.4) is 0 Å². The Hall–Kier alpha value is -0.100. The molecule has 0 N–H and O–H groups in total. The minimum atomic E-state index is -4.82. The van der Waals surface area contributed by atoms with E-state index in [2.05, 4.69) is 16.3 Å². The van der Waals surface area contributed by atoms with Crippen LogP contribution in [0.4, 0.5) is 22.0 Å². The molecule has 0 amide bonds. The first-order chi connectivity index (χ1) is 4.36. The van der Waals surface area contributed by atoms with Gasteiger partial charge in [0.2, 0.25) is 0 Å². The van der Waals surface area contributed by atoms with Gasteiger partial charge in [0.15, 0.2) is 0 Å². The lowest BCUT2D eigenvalue weighted by atomic mass is 10.7. The molecule has 0 aromatic carbocycles. The summed E-state index contributed by atoms with van der Waals surface area (Å²) < 4.78 is 59.1. The molecule has 0 heterocycles. The van der Waals surface area contributed by atoms with Gasteiger partial charge in [0.1, 0.15) is 0 Å². The van der Waals surface area contributed by atoms with Crippen molar-refractivity contribution in [2.75, 3.05) is 0 Å². The van der Waals surface area contributed by atoms with Crippen molar-refractivity contribution in [2.45, 2.75) is 18.4 Å². The molecule has 0 bridgehead atoms. The normalized spacial score (nSPS) is 15.9. The minimum absolute atomic E-state index is 2.71. The van der Waals surface area contributed by atoms with E-state index in [1.807, 2.05) is 0 Å². The Morgan fingerprint density at radius 3 is 1.70 bits per heavy atom. The van der Waals surface area contributed by atoms with Gasteiger partial charge in [-0.3, -0.25) is 4.74 Å². The van der Waals surface area contributed by atoms with Gasteiger partial charge in [-0.05, 0) is 0 Å². The van der Waals surface area contributed by atoms with E-state index in [1.54, 1.807) is 0 Å². The first-order valence-electron chi connectivity index (χ1n) is 1.98. The van der Waals surface area contributed by atoms with E-state index in [0.29, 0.717) is 0 Å². The van der Waals surface area contributed by atoms with Crippen LogP contribution in [-0.4, -0.2) is 18.4 Å². The van der Waals surface area contributed by atoms with Crippen LogP contribution in [0.2, 0.25) is 0 Å². The number of alkyl halides is 6. The zero-order valence-electron chi connectivity index (χ0n) is 4.33. The molecule has 0 aliphatic heterocycles. The molecular formula is C3H2ClF5O. The smallest absolute Gasteiger partial charge is 0.267 e. The van der Waals surface area contributed by atoms with Crippen LogP contribution in [0, 0.1) is 0 Å². The van der Waals surface area contributed by atoms with E-state index in [-0.39, 0.29) is 0 Å². The van der Waals surface area contributed by atoms with Crippen LogP contribution in [0.1, 0.15) is 0 Å². The van der Waals surface area contributed by atoms with Crippen molar-refractivity contribution in [1.29, 1.82) is 0 Å². The highest BCUT2D eigenvalue weighted by molar-refractivity contribution is 6.18. The van der Waals surface area contributed by atoms with Crippen LogP contribution in [0.5, 0.6) is 0 Å². The van der Waals surface area contributed by atoms with Crippen molar-refractivity contribution in [2.24, 2.45) is 0 Å². The Labute approximate surface area is 57.7 Å². The number of ether oxygens (including phenoxy) is 1. The SMILES string of the molecule is FC(Cl)OC(F)(F)C(F)F. The molecule has 10 heavy (non-hydrogen) atoms. The van der Waals surface area contributed by atoms with Gasteiger partial charge in [-0.2, -0.15) is 13.2 Å². The number of hydrogen-bond donors (Lipinski definition) is 0. The van der Waals surface area contributed by atoms with E-state index in [1.165, 1.54) is 0 Å². The number of hydrogen-bond acceptors (Lipinski definition) is 1. The molecule has 0 radical (unpaired) electrons. The van der Waals surface area contributed by atoms with Gasteiger partial charge in [0.05, 0.1) is 0 Å². The lowest BCUT2D eigenvalue weighted by molar-refractivity contribution is -0.321. The maximum Gasteiger partial charge on any atom is 0.419 e. The highest BCUT2D eigenvalue weighted by atomic mass is 35.5. The van der Waals surface area contributed by atoms with E-state index in [4.69, 9.17) is 0 Å². The second-order valence-corrected chi connectivity index (χ2v) is 1.58. The predicted octanol–water partition coefficient (Wildman–Crippen LogP) is 2.35. The summed E-state index contributed by atoms with van der Waals surface area (Å²) in [5, 5.41) is 0. The van der Waals surface area contributed by atoms with Crippen LogP contribution in [0.15, 0.2) is 0 Å². The zero-order valence-corrected chi connectivity index (χ0v) is 5.09. The lowest BCUT2D eigenvalue weighted by Crippen LogP contribution is -2.31. The van der Waals surface area contributed by atoms with Gasteiger partial charge < -0.3 is 0 Å². The fraction of sp³-hybridized carbons (Fsp3) is 1.00. The summed E-state index contributed by atoms with van der Waals surface area (Å²) >= 11 is 4.20. The highest BCUT2D eigenvalue weighted by Gasteiger charge is 2.44. The number of halogens is 6. The Morgan fingerprint density at radius 1 is 1.20 bits per heavy atom. The number of rotatable bonds is 3. The maximum absolute atomic E-state index is 11.5. The van der Waals surface area contributed by atoms with Crippen LogP contribution < -0.4 is 0 Å². The van der Waals surface area contributed by atoms with Crippen molar-refractivity contribution in [3.05, 3.63) is 0 Å². The predicted molar refractivity (Wildman–Crippen MR) is 22.8 cm³/mol.